The van der Waals surface area contributed by atoms with Gasteiger partial charge in [-0.25, -0.2) is 12.8 Å². The lowest BCUT2D eigenvalue weighted by atomic mass is 10.0. The molecule has 9 heteroatoms. The second-order valence-corrected chi connectivity index (χ2v) is 9.78. The Bertz CT molecular complexity index is 1550. The summed E-state index contributed by atoms with van der Waals surface area (Å²) in [5, 5.41) is 3.38. The molecule has 0 bridgehead atoms. The van der Waals surface area contributed by atoms with Crippen molar-refractivity contribution in [2.45, 2.75) is 19.4 Å². The monoisotopic (exact) mass is 467 g/mol. The fourth-order valence-corrected chi connectivity index (χ4v) is 4.36. The Kier molecular flexibility index (Phi) is 5.90. The lowest BCUT2D eigenvalue weighted by molar-refractivity contribution is 0.0936. The molecule has 170 valence electrons. The normalized spacial score (nSPS) is 12.6. The van der Waals surface area contributed by atoms with Crippen LogP contribution in [0.25, 0.3) is 21.8 Å². The smallest absolute Gasteiger partial charge is 0.254 e. The van der Waals surface area contributed by atoms with E-state index < -0.39 is 21.7 Å². The number of amides is 1. The van der Waals surface area contributed by atoms with Crippen molar-refractivity contribution in [2.24, 2.45) is 0 Å². The first kappa shape index (κ1) is 22.5. The molecule has 3 N–H and O–H groups in total. The average molecular weight is 468 g/mol. The highest BCUT2D eigenvalue weighted by molar-refractivity contribution is 7.92. The number of sulfonamides is 1. The van der Waals surface area contributed by atoms with Crippen molar-refractivity contribution in [1.82, 2.24) is 10.3 Å². The van der Waals surface area contributed by atoms with Crippen LogP contribution in [0.15, 0.2) is 65.5 Å². The van der Waals surface area contributed by atoms with Gasteiger partial charge >= 0.3 is 0 Å². The van der Waals surface area contributed by atoms with Gasteiger partial charge in [-0.15, -0.1) is 0 Å². The Balaban J connectivity index is 1.56. The molecule has 33 heavy (non-hydrogen) atoms. The van der Waals surface area contributed by atoms with Crippen LogP contribution < -0.4 is 15.5 Å². The Morgan fingerprint density at radius 2 is 1.79 bits per heavy atom. The van der Waals surface area contributed by atoms with Crippen molar-refractivity contribution >= 4 is 43.4 Å². The van der Waals surface area contributed by atoms with E-state index in [0.29, 0.717) is 28.5 Å². The first-order chi connectivity index (χ1) is 15.6. The molecule has 0 spiro atoms. The Morgan fingerprint density at radius 1 is 1.03 bits per heavy atom. The number of aromatic amines is 1. The maximum absolute atomic E-state index is 14.8. The molecule has 0 radical (unpaired) electrons. The number of H-pyrrole nitrogens is 1. The summed E-state index contributed by atoms with van der Waals surface area (Å²) in [6.07, 6.45) is 1.47. The van der Waals surface area contributed by atoms with Gasteiger partial charge in [0.15, 0.2) is 5.43 Å². The zero-order chi connectivity index (χ0) is 23.8. The van der Waals surface area contributed by atoms with Gasteiger partial charge < -0.3 is 10.3 Å². The number of fused-ring (bicyclic) bond motifs is 2. The van der Waals surface area contributed by atoms with E-state index in [-0.39, 0.29) is 22.4 Å². The maximum Gasteiger partial charge on any atom is 0.254 e. The molecule has 4 aromatic rings. The van der Waals surface area contributed by atoms with E-state index in [4.69, 9.17) is 0 Å². The first-order valence-corrected chi connectivity index (χ1v) is 12.1. The molecule has 0 aliphatic carbocycles. The highest BCUT2D eigenvalue weighted by Gasteiger charge is 2.18. The van der Waals surface area contributed by atoms with Gasteiger partial charge in [0.1, 0.15) is 5.82 Å². The van der Waals surface area contributed by atoms with Crippen molar-refractivity contribution < 1.29 is 17.6 Å². The number of carbonyl (C=O) groups excluding carboxylic acids is 1. The number of anilines is 1. The fourth-order valence-electron chi connectivity index (χ4n) is 3.80. The van der Waals surface area contributed by atoms with Gasteiger partial charge in [0.2, 0.25) is 10.0 Å². The van der Waals surface area contributed by atoms with Crippen LogP contribution in [-0.4, -0.2) is 31.6 Å². The highest BCUT2D eigenvalue weighted by atomic mass is 32.2. The molecule has 7 nitrogen and oxygen atoms in total. The number of hydrogen-bond donors (Lipinski definition) is 3. The molecular weight excluding hydrogens is 445 g/mol. The third-order valence-electron chi connectivity index (χ3n) is 5.19. The number of hydrogen-bond acceptors (Lipinski definition) is 4. The van der Waals surface area contributed by atoms with E-state index >= 15 is 0 Å². The number of nitrogens with one attached hydrogen (secondary N) is 3. The zero-order valence-corrected chi connectivity index (χ0v) is 18.8. The minimum Gasteiger partial charge on any atom is -0.354 e. The number of rotatable bonds is 6. The summed E-state index contributed by atoms with van der Waals surface area (Å²) < 4.78 is 40.0. The quantitative estimate of drug-likeness (QED) is 0.377. The van der Waals surface area contributed by atoms with Crippen molar-refractivity contribution in [3.8, 4) is 0 Å². The van der Waals surface area contributed by atoms with Crippen molar-refractivity contribution in [2.75, 3.05) is 11.0 Å². The summed E-state index contributed by atoms with van der Waals surface area (Å²) in [5.74, 6) is -1.39. The van der Waals surface area contributed by atoms with Gasteiger partial charge in [0.25, 0.3) is 5.91 Å². The number of carbonyl (C=O) groups is 1. The van der Waals surface area contributed by atoms with E-state index in [1.807, 2.05) is 6.07 Å². The van der Waals surface area contributed by atoms with Crippen LogP contribution in [-0.2, 0) is 16.4 Å². The minimum absolute atomic E-state index is 0.172. The molecule has 1 unspecified atom stereocenters. The third kappa shape index (κ3) is 5.04. The first-order valence-electron chi connectivity index (χ1n) is 10.2. The summed E-state index contributed by atoms with van der Waals surface area (Å²) in [5.41, 5.74) is 1.71. The molecule has 1 heterocycles. The molecule has 0 saturated heterocycles. The van der Waals surface area contributed by atoms with Gasteiger partial charge in [-0.05, 0) is 55.3 Å². The van der Waals surface area contributed by atoms with Crippen LogP contribution in [0.2, 0.25) is 0 Å². The number of halogens is 1. The second-order valence-electron chi connectivity index (χ2n) is 8.03. The molecule has 1 atom stereocenters. The average Bonchev–Trinajstić information content (AvgIpc) is 2.73. The predicted octanol–water partition coefficient (Wildman–Crippen LogP) is 3.55. The van der Waals surface area contributed by atoms with E-state index in [1.54, 1.807) is 49.4 Å². The molecule has 3 aromatic carbocycles. The van der Waals surface area contributed by atoms with Crippen molar-refractivity contribution in [1.29, 1.82) is 0 Å². The van der Waals surface area contributed by atoms with Crippen LogP contribution in [0, 0.1) is 5.82 Å². The number of para-hydroxylation sites is 1. The van der Waals surface area contributed by atoms with Crippen LogP contribution in [0.1, 0.15) is 22.8 Å². The van der Waals surface area contributed by atoms with Gasteiger partial charge in [-0.2, -0.15) is 0 Å². The van der Waals surface area contributed by atoms with Gasteiger partial charge in [-0.1, -0.05) is 24.3 Å². The Morgan fingerprint density at radius 3 is 2.55 bits per heavy atom. The van der Waals surface area contributed by atoms with Crippen LogP contribution in [0.4, 0.5) is 10.1 Å². The van der Waals surface area contributed by atoms with Gasteiger partial charge in [-0.3, -0.25) is 14.3 Å². The summed E-state index contributed by atoms with van der Waals surface area (Å²) in [6.45, 7) is 1.77. The van der Waals surface area contributed by atoms with Crippen LogP contribution in [0.5, 0.6) is 0 Å². The summed E-state index contributed by atoms with van der Waals surface area (Å²) in [7, 11) is -3.40. The number of aromatic nitrogens is 1. The highest BCUT2D eigenvalue weighted by Crippen LogP contribution is 2.19. The van der Waals surface area contributed by atoms with E-state index in [2.05, 4.69) is 15.0 Å². The Labute approximate surface area is 189 Å². The van der Waals surface area contributed by atoms with E-state index in [1.165, 1.54) is 6.07 Å². The zero-order valence-electron chi connectivity index (χ0n) is 18.0. The van der Waals surface area contributed by atoms with Crippen LogP contribution >= 0.6 is 0 Å². The molecule has 0 fully saturated rings. The van der Waals surface area contributed by atoms with Crippen LogP contribution in [0.3, 0.4) is 0 Å². The van der Waals surface area contributed by atoms with Gasteiger partial charge in [0, 0.05) is 28.0 Å². The second kappa shape index (κ2) is 8.67. The largest absolute Gasteiger partial charge is 0.354 e. The topological polar surface area (TPSA) is 108 Å². The summed E-state index contributed by atoms with van der Waals surface area (Å²) >= 11 is 0. The van der Waals surface area contributed by atoms with Crippen molar-refractivity contribution in [3.05, 3.63) is 87.8 Å². The molecule has 1 amide bonds. The third-order valence-corrected chi connectivity index (χ3v) is 5.79. The van der Waals surface area contributed by atoms with Gasteiger partial charge in [0.05, 0.1) is 17.3 Å². The number of benzene rings is 3. The lowest BCUT2D eigenvalue weighted by Gasteiger charge is -2.15. The Hall–Kier alpha value is -3.72. The fraction of sp³-hybridized carbons (Fsp3) is 0.167. The molecule has 0 aliphatic rings. The van der Waals surface area contributed by atoms with E-state index in [0.717, 1.165) is 17.9 Å². The molecule has 0 aliphatic heterocycles. The summed E-state index contributed by atoms with van der Waals surface area (Å²) in [4.78, 5) is 28.6. The molecule has 1 aromatic heterocycles. The minimum atomic E-state index is -3.40. The standard InChI is InChI=1S/C24H22FN3O4S/c1-14(10-15-6-5-7-16(11-15)28-33(2,31)32)26-24(30)18-13-22-19(12-20(18)25)23(29)17-8-3-4-9-21(17)27-22/h3-9,11-14,28H,10H2,1-2H3,(H,26,30)(H,27,29). The maximum atomic E-state index is 14.8. The molecular formula is C24H22FN3O4S. The molecule has 4 rings (SSSR count). The SMILES string of the molecule is CC(Cc1cccc(NS(C)(=O)=O)c1)NC(=O)c1cc2[nH]c3ccccc3c(=O)c2cc1F. The number of pyridine rings is 1. The molecule has 0 saturated carbocycles. The summed E-state index contributed by atoms with van der Waals surface area (Å²) in [6, 6.07) is 15.8. The predicted molar refractivity (Wildman–Crippen MR) is 128 cm³/mol. The van der Waals surface area contributed by atoms with E-state index in [9.17, 15) is 22.4 Å². The van der Waals surface area contributed by atoms with Crippen molar-refractivity contribution in [3.63, 3.8) is 0 Å². The lowest BCUT2D eigenvalue weighted by Crippen LogP contribution is -2.34.